The van der Waals surface area contributed by atoms with Gasteiger partial charge in [-0.05, 0) is 73.8 Å². The quantitative estimate of drug-likeness (QED) is 0.447. The Morgan fingerprint density at radius 2 is 1.64 bits per heavy atom. The van der Waals surface area contributed by atoms with Crippen molar-refractivity contribution in [2.75, 3.05) is 31.0 Å². The minimum absolute atomic E-state index is 0.106. The summed E-state index contributed by atoms with van der Waals surface area (Å²) in [6, 6.07) is 21.6. The molecule has 1 aliphatic heterocycles. The van der Waals surface area contributed by atoms with Crippen molar-refractivity contribution in [2.45, 2.75) is 37.8 Å². The maximum atomic E-state index is 13.6. The summed E-state index contributed by atoms with van der Waals surface area (Å²) in [5.41, 5.74) is 3.38. The highest BCUT2D eigenvalue weighted by Crippen LogP contribution is 2.33. The molecular weight excluding hydrogens is 474 g/mol. The van der Waals surface area contributed by atoms with E-state index in [1.807, 2.05) is 25.1 Å². The number of likely N-dealkylation sites (tertiary alicyclic amines) is 1. The number of nitrogens with zero attached hydrogens (tertiary/aromatic N) is 2. The molecule has 36 heavy (non-hydrogen) atoms. The smallest absolute Gasteiger partial charge is 0.264 e. The molecule has 8 heteroatoms. The first kappa shape index (κ1) is 25.7. The van der Waals surface area contributed by atoms with Crippen molar-refractivity contribution >= 4 is 21.6 Å². The molecule has 1 amide bonds. The first-order valence-electron chi connectivity index (χ1n) is 12.2. The number of carbonyl (C=O) groups is 1. The molecule has 0 aromatic heterocycles. The lowest BCUT2D eigenvalue weighted by atomic mass is 10.1. The van der Waals surface area contributed by atoms with Crippen LogP contribution in [0, 0.1) is 6.92 Å². The first-order chi connectivity index (χ1) is 17.4. The summed E-state index contributed by atoms with van der Waals surface area (Å²) in [6.45, 7) is 5.04. The van der Waals surface area contributed by atoms with Crippen LogP contribution in [0.3, 0.4) is 0 Å². The molecular formula is C28H33N3O4S. The van der Waals surface area contributed by atoms with Gasteiger partial charge in [0.2, 0.25) is 5.91 Å². The van der Waals surface area contributed by atoms with Gasteiger partial charge in [0.1, 0.15) is 12.3 Å². The number of carbonyl (C=O) groups excluding carboxylic acids is 1. The molecule has 7 nitrogen and oxygen atoms in total. The van der Waals surface area contributed by atoms with Gasteiger partial charge in [-0.2, -0.15) is 0 Å². The molecule has 3 aromatic carbocycles. The molecule has 0 saturated carbocycles. The van der Waals surface area contributed by atoms with E-state index in [2.05, 4.69) is 22.3 Å². The van der Waals surface area contributed by atoms with Crippen LogP contribution in [-0.2, 0) is 27.9 Å². The molecule has 0 bridgehead atoms. The lowest BCUT2D eigenvalue weighted by Gasteiger charge is -2.26. The van der Waals surface area contributed by atoms with Gasteiger partial charge in [0.15, 0.2) is 0 Å². The third-order valence-electron chi connectivity index (χ3n) is 6.34. The van der Waals surface area contributed by atoms with E-state index in [1.54, 1.807) is 30.3 Å². The Hall–Kier alpha value is -3.36. The van der Waals surface area contributed by atoms with Crippen LogP contribution in [0.5, 0.6) is 5.75 Å². The number of nitrogens with one attached hydrogen (secondary N) is 1. The molecule has 1 heterocycles. The number of ether oxygens (including phenoxy) is 1. The number of benzene rings is 3. The van der Waals surface area contributed by atoms with E-state index in [9.17, 15) is 13.2 Å². The Labute approximate surface area is 213 Å². The van der Waals surface area contributed by atoms with Gasteiger partial charge in [0.05, 0.1) is 17.7 Å². The predicted molar refractivity (Wildman–Crippen MR) is 142 cm³/mol. The number of amides is 1. The Morgan fingerprint density at radius 1 is 0.972 bits per heavy atom. The maximum Gasteiger partial charge on any atom is 0.264 e. The van der Waals surface area contributed by atoms with Crippen molar-refractivity contribution in [3.8, 4) is 5.75 Å². The predicted octanol–water partition coefficient (Wildman–Crippen LogP) is 4.11. The number of hydrogen-bond acceptors (Lipinski definition) is 5. The van der Waals surface area contributed by atoms with Crippen LogP contribution >= 0.6 is 0 Å². The molecule has 4 rings (SSSR count). The molecule has 0 aliphatic carbocycles. The van der Waals surface area contributed by atoms with Gasteiger partial charge in [-0.1, -0.05) is 48.5 Å². The highest BCUT2D eigenvalue weighted by atomic mass is 32.2. The van der Waals surface area contributed by atoms with E-state index in [0.29, 0.717) is 18.0 Å². The van der Waals surface area contributed by atoms with E-state index in [1.165, 1.54) is 37.6 Å². The SMILES string of the molecule is COc1ccc(C)cc1N(CC(=O)NCc1ccc(CN2CCCC2)cc1)S(=O)(=O)c1ccccc1. The summed E-state index contributed by atoms with van der Waals surface area (Å²) in [5.74, 6) is -0.0271. The van der Waals surface area contributed by atoms with E-state index in [-0.39, 0.29) is 11.4 Å². The van der Waals surface area contributed by atoms with Gasteiger partial charge in [0.25, 0.3) is 10.0 Å². The monoisotopic (exact) mass is 507 g/mol. The van der Waals surface area contributed by atoms with Crippen LogP contribution < -0.4 is 14.4 Å². The van der Waals surface area contributed by atoms with Gasteiger partial charge < -0.3 is 10.1 Å². The highest BCUT2D eigenvalue weighted by molar-refractivity contribution is 7.92. The molecule has 1 saturated heterocycles. The molecule has 190 valence electrons. The van der Waals surface area contributed by atoms with Gasteiger partial charge in [-0.15, -0.1) is 0 Å². The second kappa shape index (κ2) is 11.6. The van der Waals surface area contributed by atoms with Crippen molar-refractivity contribution < 1.29 is 17.9 Å². The number of methoxy groups -OCH3 is 1. The lowest BCUT2D eigenvalue weighted by molar-refractivity contribution is -0.119. The molecule has 1 aliphatic rings. The zero-order chi connectivity index (χ0) is 25.5. The third kappa shape index (κ3) is 6.25. The summed E-state index contributed by atoms with van der Waals surface area (Å²) < 4.78 is 33.7. The molecule has 0 unspecified atom stereocenters. The summed E-state index contributed by atoms with van der Waals surface area (Å²) in [4.78, 5) is 15.5. The molecule has 1 fully saturated rings. The fourth-order valence-electron chi connectivity index (χ4n) is 4.36. The molecule has 1 N–H and O–H groups in total. The molecule has 0 atom stereocenters. The fourth-order valence-corrected chi connectivity index (χ4v) is 5.81. The molecule has 0 radical (unpaired) electrons. The first-order valence-corrected chi connectivity index (χ1v) is 13.6. The van der Waals surface area contributed by atoms with Crippen LogP contribution in [0.25, 0.3) is 0 Å². The van der Waals surface area contributed by atoms with Gasteiger partial charge >= 0.3 is 0 Å². The van der Waals surface area contributed by atoms with Crippen LogP contribution in [0.2, 0.25) is 0 Å². The van der Waals surface area contributed by atoms with Crippen molar-refractivity contribution in [1.29, 1.82) is 0 Å². The average molecular weight is 508 g/mol. The Balaban J connectivity index is 1.49. The van der Waals surface area contributed by atoms with Crippen molar-refractivity contribution in [3.05, 3.63) is 89.5 Å². The van der Waals surface area contributed by atoms with E-state index >= 15 is 0 Å². The Bertz CT molecular complexity index is 1270. The number of aryl methyl sites for hydroxylation is 1. The topological polar surface area (TPSA) is 79.0 Å². The Kier molecular flexibility index (Phi) is 8.28. The van der Waals surface area contributed by atoms with Crippen LogP contribution in [-0.4, -0.2) is 46.0 Å². The number of rotatable bonds is 10. The fraction of sp³-hybridized carbons (Fsp3) is 0.321. The van der Waals surface area contributed by atoms with Crippen molar-refractivity contribution in [3.63, 3.8) is 0 Å². The zero-order valence-corrected chi connectivity index (χ0v) is 21.6. The van der Waals surface area contributed by atoms with Crippen LogP contribution in [0.4, 0.5) is 5.69 Å². The second-order valence-electron chi connectivity index (χ2n) is 9.08. The number of anilines is 1. The second-order valence-corrected chi connectivity index (χ2v) is 10.9. The summed E-state index contributed by atoms with van der Waals surface area (Å²) in [5, 5.41) is 2.87. The zero-order valence-electron chi connectivity index (χ0n) is 20.8. The highest BCUT2D eigenvalue weighted by Gasteiger charge is 2.29. The summed E-state index contributed by atoms with van der Waals surface area (Å²) in [6.07, 6.45) is 2.52. The summed E-state index contributed by atoms with van der Waals surface area (Å²) in [7, 11) is -2.53. The van der Waals surface area contributed by atoms with Gasteiger partial charge in [-0.25, -0.2) is 8.42 Å². The maximum absolute atomic E-state index is 13.6. The van der Waals surface area contributed by atoms with Crippen molar-refractivity contribution in [1.82, 2.24) is 10.2 Å². The normalized spacial score (nSPS) is 13.9. The Morgan fingerprint density at radius 3 is 2.31 bits per heavy atom. The largest absolute Gasteiger partial charge is 0.495 e. The van der Waals surface area contributed by atoms with Gasteiger partial charge in [0, 0.05) is 13.1 Å². The van der Waals surface area contributed by atoms with E-state index < -0.39 is 15.9 Å². The van der Waals surface area contributed by atoms with Crippen LogP contribution in [0.1, 0.15) is 29.5 Å². The number of sulfonamides is 1. The van der Waals surface area contributed by atoms with Crippen LogP contribution in [0.15, 0.2) is 77.7 Å². The summed E-state index contributed by atoms with van der Waals surface area (Å²) >= 11 is 0. The average Bonchev–Trinajstić information content (AvgIpc) is 3.40. The molecule has 3 aromatic rings. The lowest BCUT2D eigenvalue weighted by Crippen LogP contribution is -2.40. The minimum Gasteiger partial charge on any atom is -0.495 e. The van der Waals surface area contributed by atoms with E-state index in [0.717, 1.165) is 35.1 Å². The third-order valence-corrected chi connectivity index (χ3v) is 8.11. The number of hydrogen-bond donors (Lipinski definition) is 1. The molecule has 0 spiro atoms. The van der Waals surface area contributed by atoms with E-state index in [4.69, 9.17) is 4.74 Å². The minimum atomic E-state index is -4.01. The van der Waals surface area contributed by atoms with Gasteiger partial charge in [-0.3, -0.25) is 14.0 Å². The standard InChI is InChI=1S/C28H33N3O4S/c1-22-10-15-27(35-2)26(18-22)31(36(33,34)25-8-4-3-5-9-25)21-28(32)29-19-23-11-13-24(14-12-23)20-30-16-6-7-17-30/h3-5,8-15,18H,6-7,16-17,19-21H2,1-2H3,(H,29,32). The van der Waals surface area contributed by atoms with Crippen molar-refractivity contribution in [2.24, 2.45) is 0 Å².